The highest BCUT2D eigenvalue weighted by atomic mass is 79.9. The Kier molecular flexibility index (Phi) is 7.53. The summed E-state index contributed by atoms with van der Waals surface area (Å²) in [6.45, 7) is 9.92. The number of aromatic nitrogens is 3. The van der Waals surface area contributed by atoms with Crippen molar-refractivity contribution >= 4 is 39.6 Å². The molecule has 1 aromatic heterocycles. The van der Waals surface area contributed by atoms with Gasteiger partial charge >= 0.3 is 5.97 Å². The molecule has 1 unspecified atom stereocenters. The second-order valence-electron chi connectivity index (χ2n) is 7.08. The second kappa shape index (κ2) is 9.95. The van der Waals surface area contributed by atoms with E-state index in [-0.39, 0.29) is 6.10 Å². The highest BCUT2D eigenvalue weighted by molar-refractivity contribution is 9.10. The lowest BCUT2D eigenvalue weighted by Crippen LogP contribution is -2.30. The number of nitrogens with zero attached hydrogens (tertiary/aromatic N) is 3. The van der Waals surface area contributed by atoms with Crippen LogP contribution < -0.4 is 14.8 Å². The maximum atomic E-state index is 13.1. The zero-order valence-corrected chi connectivity index (χ0v) is 20.9. The number of hydrogen-bond donors (Lipinski definition) is 1. The summed E-state index contributed by atoms with van der Waals surface area (Å²) in [6.07, 6.45) is -0.251. The van der Waals surface area contributed by atoms with E-state index in [9.17, 15) is 4.79 Å². The van der Waals surface area contributed by atoms with E-state index in [4.69, 9.17) is 14.2 Å². The maximum absolute atomic E-state index is 13.1. The van der Waals surface area contributed by atoms with E-state index >= 15 is 0 Å². The van der Waals surface area contributed by atoms with Crippen molar-refractivity contribution in [3.05, 3.63) is 33.4 Å². The molecule has 0 bridgehead atoms. The Morgan fingerprint density at radius 2 is 2.10 bits per heavy atom. The molecule has 0 amide bonds. The molecule has 0 aliphatic carbocycles. The Hall–Kier alpha value is -2.20. The fourth-order valence-corrected chi connectivity index (χ4v) is 4.56. The van der Waals surface area contributed by atoms with E-state index in [0.29, 0.717) is 45.0 Å². The molecule has 0 fully saturated rings. The Morgan fingerprint density at radius 1 is 1.35 bits per heavy atom. The monoisotopic (exact) mass is 510 g/mol. The summed E-state index contributed by atoms with van der Waals surface area (Å²) in [6, 6.07) is 3.24. The predicted molar refractivity (Wildman–Crippen MR) is 124 cm³/mol. The lowest BCUT2D eigenvalue weighted by molar-refractivity contribution is -0.143. The van der Waals surface area contributed by atoms with Crippen LogP contribution in [0.5, 0.6) is 11.5 Å². The van der Waals surface area contributed by atoms with Gasteiger partial charge in [-0.25, -0.2) is 9.48 Å². The summed E-state index contributed by atoms with van der Waals surface area (Å²) in [5, 5.41) is 8.51. The van der Waals surface area contributed by atoms with Crippen LogP contribution in [0.1, 0.15) is 46.2 Å². The van der Waals surface area contributed by atoms with Gasteiger partial charge in [0.15, 0.2) is 11.5 Å². The average Bonchev–Trinajstić information content (AvgIpc) is 3.08. The van der Waals surface area contributed by atoms with Gasteiger partial charge in [0.05, 0.1) is 29.9 Å². The molecule has 10 heteroatoms. The molecule has 1 aliphatic heterocycles. The number of hydrogen-bond acceptors (Lipinski definition) is 8. The van der Waals surface area contributed by atoms with Gasteiger partial charge in [-0.2, -0.15) is 4.98 Å². The number of halogens is 1. The van der Waals surface area contributed by atoms with Crippen LogP contribution in [0.25, 0.3) is 0 Å². The number of fused-ring (bicyclic) bond motifs is 1. The first-order valence-corrected chi connectivity index (χ1v) is 11.9. The van der Waals surface area contributed by atoms with Crippen molar-refractivity contribution in [2.24, 2.45) is 0 Å². The zero-order valence-electron chi connectivity index (χ0n) is 18.5. The second-order valence-corrected chi connectivity index (χ2v) is 9.17. The van der Waals surface area contributed by atoms with Crippen LogP contribution in [0.3, 0.4) is 0 Å². The van der Waals surface area contributed by atoms with Crippen LogP contribution >= 0.6 is 27.7 Å². The fraction of sp³-hybridized carbons (Fsp3) is 0.476. The van der Waals surface area contributed by atoms with E-state index < -0.39 is 12.0 Å². The number of rotatable bonds is 8. The molecular weight excluding hydrogens is 484 g/mol. The number of thioether (sulfide) groups is 1. The lowest BCUT2D eigenvalue weighted by Gasteiger charge is -2.29. The molecule has 1 aliphatic rings. The standard InChI is InChI=1S/C21H27BrN4O4S/c1-7-29-15-10-13(9-14(22)18(15)28-6)17-16(19(27)30-11(3)4)12(5)23-20-24-21(31-8-2)25-26(17)20/h9-11,17H,7-8H2,1-6H3,(H,23,24,25). The van der Waals surface area contributed by atoms with E-state index in [1.54, 1.807) is 11.8 Å². The largest absolute Gasteiger partial charge is 0.492 e. The van der Waals surface area contributed by atoms with Gasteiger partial charge in [-0.15, -0.1) is 5.10 Å². The van der Waals surface area contributed by atoms with Crippen molar-refractivity contribution in [1.29, 1.82) is 0 Å². The summed E-state index contributed by atoms with van der Waals surface area (Å²) in [5.74, 6) is 2.18. The van der Waals surface area contributed by atoms with Crippen LogP contribution in [0.2, 0.25) is 0 Å². The van der Waals surface area contributed by atoms with Gasteiger partial charge in [0, 0.05) is 5.70 Å². The molecule has 8 nitrogen and oxygen atoms in total. The van der Waals surface area contributed by atoms with Crippen molar-refractivity contribution in [1.82, 2.24) is 14.8 Å². The molecule has 31 heavy (non-hydrogen) atoms. The Balaban J connectivity index is 2.20. The first kappa shape index (κ1) is 23.5. The normalized spacial score (nSPS) is 15.5. The van der Waals surface area contributed by atoms with Gasteiger partial charge in [-0.05, 0) is 67.1 Å². The molecule has 0 radical (unpaired) electrons. The number of carbonyl (C=O) groups excluding carboxylic acids is 1. The molecule has 0 saturated carbocycles. The molecule has 3 rings (SSSR count). The summed E-state index contributed by atoms with van der Waals surface area (Å²) >= 11 is 5.11. The number of anilines is 1. The van der Waals surface area contributed by atoms with Crippen LogP contribution in [-0.4, -0.2) is 46.3 Å². The van der Waals surface area contributed by atoms with Crippen molar-refractivity contribution in [3.8, 4) is 11.5 Å². The van der Waals surface area contributed by atoms with Crippen LogP contribution in [0, 0.1) is 0 Å². The van der Waals surface area contributed by atoms with Crippen molar-refractivity contribution < 1.29 is 19.0 Å². The van der Waals surface area contributed by atoms with E-state index in [1.165, 1.54) is 11.8 Å². The van der Waals surface area contributed by atoms with Gasteiger partial charge in [-0.1, -0.05) is 18.7 Å². The summed E-state index contributed by atoms with van der Waals surface area (Å²) < 4.78 is 19.3. The maximum Gasteiger partial charge on any atom is 0.338 e. The summed E-state index contributed by atoms with van der Waals surface area (Å²) in [4.78, 5) is 17.7. The topological polar surface area (TPSA) is 87.5 Å². The number of esters is 1. The Morgan fingerprint density at radius 3 is 2.71 bits per heavy atom. The smallest absolute Gasteiger partial charge is 0.338 e. The third kappa shape index (κ3) is 4.85. The first-order valence-electron chi connectivity index (χ1n) is 10.1. The first-order chi connectivity index (χ1) is 14.8. The van der Waals surface area contributed by atoms with E-state index in [1.807, 2.05) is 46.8 Å². The van der Waals surface area contributed by atoms with Gasteiger partial charge < -0.3 is 19.5 Å². The SMILES string of the molecule is CCOc1cc(C2C(C(=O)OC(C)C)=C(C)Nc3nc(SCC)nn32)cc(Br)c1OC. The van der Waals surface area contributed by atoms with Crippen LogP contribution in [-0.2, 0) is 9.53 Å². The predicted octanol–water partition coefficient (Wildman–Crippen LogP) is 4.80. The lowest BCUT2D eigenvalue weighted by atomic mass is 9.95. The number of allylic oxidation sites excluding steroid dienone is 1. The average molecular weight is 511 g/mol. The molecule has 2 aromatic rings. The Bertz CT molecular complexity index is 1010. The molecule has 0 spiro atoms. The van der Waals surface area contributed by atoms with Gasteiger partial charge in [0.2, 0.25) is 11.1 Å². The molecule has 168 valence electrons. The van der Waals surface area contributed by atoms with Gasteiger partial charge in [0.1, 0.15) is 6.04 Å². The number of nitrogens with one attached hydrogen (secondary N) is 1. The molecular formula is C21H27BrN4O4S. The van der Waals surface area contributed by atoms with Crippen molar-refractivity contribution in [3.63, 3.8) is 0 Å². The highest BCUT2D eigenvalue weighted by Crippen LogP contribution is 2.43. The fourth-order valence-electron chi connectivity index (χ4n) is 3.38. The molecule has 2 heterocycles. The number of benzene rings is 1. The van der Waals surface area contributed by atoms with E-state index in [0.717, 1.165) is 11.3 Å². The summed E-state index contributed by atoms with van der Waals surface area (Å²) in [5.41, 5.74) is 1.94. The molecule has 1 aromatic carbocycles. The number of ether oxygens (including phenoxy) is 3. The van der Waals surface area contributed by atoms with Crippen molar-refractivity contribution in [2.75, 3.05) is 24.8 Å². The van der Waals surface area contributed by atoms with Crippen LogP contribution in [0.15, 0.2) is 33.0 Å². The molecule has 1 atom stereocenters. The minimum atomic E-state index is -0.539. The van der Waals surface area contributed by atoms with E-state index in [2.05, 4.69) is 31.3 Å². The van der Waals surface area contributed by atoms with Crippen LogP contribution in [0.4, 0.5) is 5.95 Å². The minimum absolute atomic E-state index is 0.251. The van der Waals surface area contributed by atoms with Gasteiger partial charge in [-0.3, -0.25) is 0 Å². The quantitative estimate of drug-likeness (QED) is 0.400. The number of methoxy groups -OCH3 is 1. The number of carbonyl (C=O) groups is 1. The third-order valence-corrected chi connectivity index (χ3v) is 5.83. The summed E-state index contributed by atoms with van der Waals surface area (Å²) in [7, 11) is 1.59. The molecule has 1 N–H and O–H groups in total. The Labute approximate surface area is 194 Å². The van der Waals surface area contributed by atoms with Gasteiger partial charge in [0.25, 0.3) is 0 Å². The highest BCUT2D eigenvalue weighted by Gasteiger charge is 2.36. The zero-order chi connectivity index (χ0) is 22.7. The van der Waals surface area contributed by atoms with Crippen molar-refractivity contribution in [2.45, 2.75) is 51.9 Å². The minimum Gasteiger partial charge on any atom is -0.492 e. The molecule has 0 saturated heterocycles. The third-order valence-electron chi connectivity index (χ3n) is 4.52.